The molecule has 0 unspecified atom stereocenters. The van der Waals surface area contributed by atoms with Crippen LogP contribution in [0.4, 0.5) is 51.2 Å². The predicted molar refractivity (Wildman–Crippen MR) is 607 cm³/mol. The van der Waals surface area contributed by atoms with Gasteiger partial charge < -0.3 is 23.5 Å². The van der Waals surface area contributed by atoms with Gasteiger partial charge in [-0.05, 0) is 259 Å². The van der Waals surface area contributed by atoms with Gasteiger partial charge in [-0.15, -0.1) is 22.7 Å². The van der Waals surface area contributed by atoms with Gasteiger partial charge in [0.1, 0.15) is 22.3 Å². The summed E-state index contributed by atoms with van der Waals surface area (Å²) in [5.41, 5.74) is 18.8. The van der Waals surface area contributed by atoms with E-state index >= 15 is 0 Å². The van der Waals surface area contributed by atoms with Crippen LogP contribution in [0.2, 0.25) is 0 Å². The van der Waals surface area contributed by atoms with E-state index in [9.17, 15) is 0 Å². The maximum atomic E-state index is 6.57. The summed E-state index contributed by atoms with van der Waals surface area (Å²) in [5.74, 6) is 0. The zero-order chi connectivity index (χ0) is 92.7. The first-order valence-corrected chi connectivity index (χ1v) is 49.8. The fourth-order valence-electron chi connectivity index (χ4n) is 22.2. The van der Waals surface area contributed by atoms with E-state index in [1.165, 1.54) is 187 Å². The Bertz CT molecular complexity index is 9900. The molecule has 0 amide bonds. The quantitative estimate of drug-likeness (QED) is 0.121. The smallest absolute Gasteiger partial charge is 0.143 e. The molecule has 0 saturated heterocycles. The molecule has 4 heterocycles. The second-order valence-electron chi connectivity index (χ2n) is 36.8. The molecule has 0 spiro atoms. The summed E-state index contributed by atoms with van der Waals surface area (Å²) in [6.07, 6.45) is 0. The SMILES string of the molecule is c1ccc(-c2ccc(N(c3ccc4ccccc4c3)c3ccc4c(ccc5ccc6ccc7c8ccccc8oc7c6c54)c3)cc2)cc1.c1ccc(-c2ccc(N(c3ccc4ccccc4c3)c3ccc4c(ccc5ccc6ccc7c8ccccc8sc7c6c54)c3)cc2)cc1.c1ccc(N(c2ccc3c(ccc4c3c3ccccc3c3oc5ccccc5c43)c2)c2cccc3sc4ccccc4c23)cc1. The van der Waals surface area contributed by atoms with Crippen molar-refractivity contribution in [1.82, 2.24) is 0 Å². The second kappa shape index (κ2) is 33.5. The lowest BCUT2D eigenvalue weighted by atomic mass is 9.92. The average Bonchev–Trinajstić information content (AvgIpc) is 1.58. The van der Waals surface area contributed by atoms with Gasteiger partial charge in [0.05, 0.1) is 5.69 Å². The molecule has 5 nitrogen and oxygen atoms in total. The zero-order valence-electron chi connectivity index (χ0n) is 76.4. The summed E-state index contributed by atoms with van der Waals surface area (Å²) in [6.45, 7) is 0. The number of nitrogens with zero attached hydrogens (tertiary/aromatic N) is 3. The number of hydrogen-bond donors (Lipinski definition) is 0. The summed E-state index contributed by atoms with van der Waals surface area (Å²) in [4.78, 5) is 7.17. The zero-order valence-corrected chi connectivity index (χ0v) is 78.0. The fraction of sp³-hybridized carbons (Fsp3) is 0. The Morgan fingerprint density at radius 2 is 0.489 bits per heavy atom. The van der Waals surface area contributed by atoms with E-state index in [0.717, 1.165) is 89.4 Å². The number of benzene rings is 26. The van der Waals surface area contributed by atoms with E-state index in [0.29, 0.717) is 0 Å². The molecule has 0 N–H and O–H groups in total. The lowest BCUT2D eigenvalue weighted by molar-refractivity contribution is 0.672. The lowest BCUT2D eigenvalue weighted by Crippen LogP contribution is -2.10. The van der Waals surface area contributed by atoms with E-state index in [1.54, 1.807) is 0 Å². The van der Waals surface area contributed by atoms with Crippen LogP contribution in [0, 0.1) is 0 Å². The molecule has 141 heavy (non-hydrogen) atoms. The molecule has 7 heteroatoms. The Morgan fingerprint density at radius 3 is 1.06 bits per heavy atom. The highest BCUT2D eigenvalue weighted by Crippen LogP contribution is 2.52. The number of para-hydroxylation sites is 3. The van der Waals surface area contributed by atoms with Crippen LogP contribution in [0.25, 0.3) is 225 Å². The van der Waals surface area contributed by atoms with Crippen molar-refractivity contribution in [3.05, 3.63) is 504 Å². The molecule has 30 aromatic rings. The Kier molecular flexibility index (Phi) is 19.3. The van der Waals surface area contributed by atoms with Gasteiger partial charge in [-0.3, -0.25) is 0 Å². The van der Waals surface area contributed by atoms with Crippen molar-refractivity contribution in [2.24, 2.45) is 0 Å². The number of furan rings is 2. The third-order valence-electron chi connectivity index (χ3n) is 28.8. The van der Waals surface area contributed by atoms with Crippen LogP contribution in [0.3, 0.4) is 0 Å². The van der Waals surface area contributed by atoms with Gasteiger partial charge in [-0.25, -0.2) is 0 Å². The number of fused-ring (bicyclic) bond motifs is 33. The molecule has 0 aliphatic heterocycles. The molecular weight excluding hydrogens is 1750 g/mol. The number of rotatable bonds is 11. The molecule has 30 rings (SSSR count). The average molecular weight is 1830 g/mol. The molecule has 0 atom stereocenters. The molecule has 0 bridgehead atoms. The Morgan fingerprint density at radius 1 is 0.149 bits per heavy atom. The summed E-state index contributed by atoms with van der Waals surface area (Å²) in [7, 11) is 0. The van der Waals surface area contributed by atoms with E-state index in [-0.39, 0.29) is 0 Å². The third-order valence-corrected chi connectivity index (χ3v) is 31.1. The molecule has 0 aliphatic carbocycles. The van der Waals surface area contributed by atoms with Gasteiger partial charge in [0.2, 0.25) is 0 Å². The van der Waals surface area contributed by atoms with Crippen LogP contribution in [-0.4, -0.2) is 0 Å². The highest BCUT2D eigenvalue weighted by molar-refractivity contribution is 7.27. The normalized spacial score (nSPS) is 11.8. The summed E-state index contributed by atoms with van der Waals surface area (Å²) in [5, 5.41) is 37.1. The number of hydrogen-bond acceptors (Lipinski definition) is 7. The monoisotopic (exact) mass is 1830 g/mol. The highest BCUT2D eigenvalue weighted by Gasteiger charge is 2.26. The summed E-state index contributed by atoms with van der Waals surface area (Å²) in [6, 6.07) is 182. The first-order valence-electron chi connectivity index (χ1n) is 48.1. The predicted octanol–water partition coefficient (Wildman–Crippen LogP) is 40.0. The maximum absolute atomic E-state index is 6.57. The summed E-state index contributed by atoms with van der Waals surface area (Å²) >= 11 is 3.77. The first-order chi connectivity index (χ1) is 69.9. The van der Waals surface area contributed by atoms with Crippen LogP contribution in [-0.2, 0) is 0 Å². The van der Waals surface area contributed by atoms with Gasteiger partial charge in [-0.2, -0.15) is 0 Å². The lowest BCUT2D eigenvalue weighted by Gasteiger charge is -2.27. The maximum Gasteiger partial charge on any atom is 0.143 e. The van der Waals surface area contributed by atoms with Gasteiger partial charge in [-0.1, -0.05) is 364 Å². The van der Waals surface area contributed by atoms with Crippen LogP contribution in [0.1, 0.15) is 0 Å². The number of thiophene rings is 2. The molecule has 26 aromatic carbocycles. The minimum absolute atomic E-state index is 0.920. The molecular formula is C134H83N3O2S2. The molecule has 0 fully saturated rings. The first kappa shape index (κ1) is 81.4. The highest BCUT2D eigenvalue weighted by atomic mass is 32.1. The van der Waals surface area contributed by atoms with Crippen molar-refractivity contribution in [1.29, 1.82) is 0 Å². The molecule has 0 aliphatic rings. The van der Waals surface area contributed by atoms with Crippen molar-refractivity contribution >= 4 is 277 Å². The third kappa shape index (κ3) is 13.8. The molecule has 4 aromatic heterocycles. The molecule has 0 radical (unpaired) electrons. The largest absolute Gasteiger partial charge is 0.455 e. The van der Waals surface area contributed by atoms with Crippen LogP contribution < -0.4 is 14.7 Å². The van der Waals surface area contributed by atoms with Crippen molar-refractivity contribution in [2.75, 3.05) is 14.7 Å². The minimum atomic E-state index is 0.920. The summed E-state index contributed by atoms with van der Waals surface area (Å²) < 4.78 is 18.4. The molecule has 658 valence electrons. The van der Waals surface area contributed by atoms with Crippen LogP contribution >= 0.6 is 22.7 Å². The molecule has 0 saturated carbocycles. The van der Waals surface area contributed by atoms with Crippen molar-refractivity contribution < 1.29 is 8.83 Å². The number of anilines is 9. The van der Waals surface area contributed by atoms with E-state index in [4.69, 9.17) is 8.83 Å². The standard InChI is InChI=1S/C46H29NO.C46H29NS.C42H25NOS/c2*1-2-8-30(9-3-1)32-18-22-37(23-19-32)47(38-24-20-31-10-4-5-11-35(31)28-38)39-25-27-40-36(29-39)17-16-33-14-15-34-21-26-42-41-12-6-7-13-43(41)48-46(42)45(34)44(33)40;1-2-11-27(12-3-1)43(35-17-10-20-38-41(35)33-16-7-9-19-37(33)45-38)28-22-24-29-26(25-28)21-23-34-39(29)30-13-4-5-14-31(30)42-40(34)32-15-6-8-18-36(32)44-42/h2*1-29H;1-25H. The van der Waals surface area contributed by atoms with E-state index in [2.05, 4.69) is 506 Å². The van der Waals surface area contributed by atoms with E-state index < -0.39 is 0 Å². The van der Waals surface area contributed by atoms with Crippen LogP contribution in [0.15, 0.2) is 512 Å². The Balaban J connectivity index is 0.000000104. The fourth-order valence-corrected chi connectivity index (χ4v) is 24.6. The topological polar surface area (TPSA) is 36.0 Å². The van der Waals surface area contributed by atoms with Crippen molar-refractivity contribution in [2.45, 2.75) is 0 Å². The minimum Gasteiger partial charge on any atom is -0.455 e. The van der Waals surface area contributed by atoms with E-state index in [1.807, 2.05) is 34.8 Å². The van der Waals surface area contributed by atoms with Gasteiger partial charge in [0.15, 0.2) is 0 Å². The second-order valence-corrected chi connectivity index (χ2v) is 38.9. The van der Waals surface area contributed by atoms with Crippen LogP contribution in [0.5, 0.6) is 0 Å². The van der Waals surface area contributed by atoms with Gasteiger partial charge in [0.25, 0.3) is 0 Å². The van der Waals surface area contributed by atoms with Gasteiger partial charge >= 0.3 is 0 Å². The Hall–Kier alpha value is -18.0. The van der Waals surface area contributed by atoms with Crippen molar-refractivity contribution in [3.8, 4) is 22.3 Å². The Labute approximate surface area is 819 Å². The van der Waals surface area contributed by atoms with Gasteiger partial charge in [0, 0.05) is 129 Å². The van der Waals surface area contributed by atoms with Crippen molar-refractivity contribution in [3.63, 3.8) is 0 Å².